The van der Waals surface area contributed by atoms with Gasteiger partial charge in [-0.05, 0) is 25.5 Å². The Hall–Kier alpha value is -3.62. The van der Waals surface area contributed by atoms with Crippen LogP contribution >= 0.6 is 0 Å². The number of methoxy groups -OCH3 is 2. The molecule has 0 bridgehead atoms. The SMILES string of the molecule is COc1cc2cc(C(=O)N3CCC(c4ncc(C(N)=O)c(C)n4)C3)n(C)c2cc1OC. The molecule has 0 aliphatic carbocycles. The number of nitrogens with two attached hydrogens (primary N) is 1. The first kappa shape index (κ1) is 20.6. The molecule has 0 spiro atoms. The predicted octanol–water partition coefficient (Wildman–Crippen LogP) is 2.02. The molecule has 1 saturated heterocycles. The maximum atomic E-state index is 13.3. The molecule has 0 radical (unpaired) electrons. The molecule has 2 aromatic heterocycles. The minimum Gasteiger partial charge on any atom is -0.493 e. The lowest BCUT2D eigenvalue weighted by Crippen LogP contribution is -2.30. The third-order valence-corrected chi connectivity index (χ3v) is 5.87. The van der Waals surface area contributed by atoms with E-state index in [1.807, 2.05) is 34.7 Å². The van der Waals surface area contributed by atoms with Crippen molar-refractivity contribution in [3.05, 3.63) is 47.2 Å². The van der Waals surface area contributed by atoms with Crippen LogP contribution in [0.3, 0.4) is 0 Å². The number of aryl methyl sites for hydroxylation is 2. The molecule has 1 fully saturated rings. The number of carbonyl (C=O) groups excluding carboxylic acids is 2. The van der Waals surface area contributed by atoms with Crippen molar-refractivity contribution in [1.82, 2.24) is 19.4 Å². The van der Waals surface area contributed by atoms with E-state index in [0.717, 1.165) is 17.3 Å². The molecular formula is C22H25N5O4. The van der Waals surface area contributed by atoms with Crippen molar-refractivity contribution in [2.24, 2.45) is 12.8 Å². The lowest BCUT2D eigenvalue weighted by Gasteiger charge is -2.17. The molecule has 2 N–H and O–H groups in total. The second kappa shape index (κ2) is 7.90. The van der Waals surface area contributed by atoms with Gasteiger partial charge in [-0.3, -0.25) is 9.59 Å². The van der Waals surface area contributed by atoms with Gasteiger partial charge in [0, 0.05) is 43.7 Å². The van der Waals surface area contributed by atoms with Gasteiger partial charge in [-0.25, -0.2) is 9.97 Å². The normalized spacial score (nSPS) is 16.0. The molecule has 2 amide bonds. The fourth-order valence-corrected chi connectivity index (χ4v) is 4.11. The Morgan fingerprint density at radius 2 is 1.87 bits per heavy atom. The number of fused-ring (bicyclic) bond motifs is 1. The monoisotopic (exact) mass is 423 g/mol. The summed E-state index contributed by atoms with van der Waals surface area (Å²) in [7, 11) is 5.04. The highest BCUT2D eigenvalue weighted by atomic mass is 16.5. The van der Waals surface area contributed by atoms with E-state index in [4.69, 9.17) is 15.2 Å². The quantitative estimate of drug-likeness (QED) is 0.672. The number of aromatic nitrogens is 3. The maximum Gasteiger partial charge on any atom is 0.270 e. The zero-order valence-corrected chi connectivity index (χ0v) is 18.0. The smallest absolute Gasteiger partial charge is 0.270 e. The molecule has 1 aliphatic heterocycles. The number of hydrogen-bond acceptors (Lipinski definition) is 6. The topological polar surface area (TPSA) is 113 Å². The minimum absolute atomic E-state index is 0.0134. The van der Waals surface area contributed by atoms with Gasteiger partial charge in [0.1, 0.15) is 11.5 Å². The van der Waals surface area contributed by atoms with E-state index < -0.39 is 5.91 Å². The van der Waals surface area contributed by atoms with E-state index in [0.29, 0.717) is 47.4 Å². The number of primary amides is 1. The van der Waals surface area contributed by atoms with Crippen molar-refractivity contribution in [3.8, 4) is 11.5 Å². The number of carbonyl (C=O) groups is 2. The lowest BCUT2D eigenvalue weighted by molar-refractivity contribution is 0.0781. The van der Waals surface area contributed by atoms with E-state index in [-0.39, 0.29) is 11.8 Å². The van der Waals surface area contributed by atoms with Crippen LogP contribution in [0.1, 0.15) is 44.7 Å². The average molecular weight is 423 g/mol. The third kappa shape index (κ3) is 3.56. The molecule has 3 aromatic rings. The molecular weight excluding hydrogens is 398 g/mol. The minimum atomic E-state index is -0.545. The summed E-state index contributed by atoms with van der Waals surface area (Å²) in [6.45, 7) is 2.86. The van der Waals surface area contributed by atoms with Crippen LogP contribution in [0.2, 0.25) is 0 Å². The highest BCUT2D eigenvalue weighted by Crippen LogP contribution is 2.34. The first-order valence-corrected chi connectivity index (χ1v) is 9.98. The van der Waals surface area contributed by atoms with E-state index in [1.54, 1.807) is 21.1 Å². The van der Waals surface area contributed by atoms with Crippen molar-refractivity contribution in [3.63, 3.8) is 0 Å². The van der Waals surface area contributed by atoms with Gasteiger partial charge < -0.3 is 24.7 Å². The lowest BCUT2D eigenvalue weighted by atomic mass is 10.1. The van der Waals surface area contributed by atoms with Crippen molar-refractivity contribution in [1.29, 1.82) is 0 Å². The van der Waals surface area contributed by atoms with Crippen LogP contribution in [0, 0.1) is 6.92 Å². The molecule has 1 atom stereocenters. The maximum absolute atomic E-state index is 13.3. The Kier molecular flexibility index (Phi) is 5.26. The molecule has 9 heteroatoms. The molecule has 1 unspecified atom stereocenters. The largest absolute Gasteiger partial charge is 0.493 e. The first-order valence-electron chi connectivity index (χ1n) is 9.98. The fourth-order valence-electron chi connectivity index (χ4n) is 4.11. The molecule has 4 rings (SSSR count). The first-order chi connectivity index (χ1) is 14.8. The highest BCUT2D eigenvalue weighted by molar-refractivity contribution is 5.99. The Morgan fingerprint density at radius 3 is 2.52 bits per heavy atom. The van der Waals surface area contributed by atoms with E-state index >= 15 is 0 Å². The number of amides is 2. The number of rotatable bonds is 5. The third-order valence-electron chi connectivity index (χ3n) is 5.87. The molecule has 1 aromatic carbocycles. The summed E-state index contributed by atoms with van der Waals surface area (Å²) in [5.41, 5.74) is 7.68. The summed E-state index contributed by atoms with van der Waals surface area (Å²) in [6, 6.07) is 5.61. The summed E-state index contributed by atoms with van der Waals surface area (Å²) < 4.78 is 12.6. The van der Waals surface area contributed by atoms with Crippen LogP contribution in [0.5, 0.6) is 11.5 Å². The Bertz CT molecular complexity index is 1190. The van der Waals surface area contributed by atoms with Crippen molar-refractivity contribution >= 4 is 22.7 Å². The van der Waals surface area contributed by atoms with E-state index in [2.05, 4.69) is 9.97 Å². The second-order valence-electron chi connectivity index (χ2n) is 7.68. The molecule has 9 nitrogen and oxygen atoms in total. The molecule has 31 heavy (non-hydrogen) atoms. The number of benzene rings is 1. The van der Waals surface area contributed by atoms with Gasteiger partial charge in [0.25, 0.3) is 11.8 Å². The molecule has 0 saturated carbocycles. The van der Waals surface area contributed by atoms with Gasteiger partial charge >= 0.3 is 0 Å². The molecule has 3 heterocycles. The summed E-state index contributed by atoms with van der Waals surface area (Å²) in [5, 5.41) is 0.903. The van der Waals surface area contributed by atoms with Crippen LogP contribution in [0.25, 0.3) is 10.9 Å². The number of nitrogens with zero attached hydrogens (tertiary/aromatic N) is 4. The van der Waals surface area contributed by atoms with Gasteiger partial charge in [-0.15, -0.1) is 0 Å². The van der Waals surface area contributed by atoms with Gasteiger partial charge in [0.2, 0.25) is 0 Å². The van der Waals surface area contributed by atoms with Crippen LogP contribution in [0.4, 0.5) is 0 Å². The number of hydrogen-bond donors (Lipinski definition) is 1. The zero-order chi connectivity index (χ0) is 22.3. The highest BCUT2D eigenvalue weighted by Gasteiger charge is 2.31. The molecule has 162 valence electrons. The van der Waals surface area contributed by atoms with E-state index in [1.165, 1.54) is 6.20 Å². The number of ether oxygens (including phenoxy) is 2. The summed E-state index contributed by atoms with van der Waals surface area (Å²) in [5.74, 6) is 1.28. The average Bonchev–Trinajstić information content (AvgIpc) is 3.37. The second-order valence-corrected chi connectivity index (χ2v) is 7.68. The van der Waals surface area contributed by atoms with Gasteiger partial charge in [0.05, 0.1) is 31.0 Å². The summed E-state index contributed by atoms with van der Waals surface area (Å²) in [6.07, 6.45) is 2.22. The predicted molar refractivity (Wildman–Crippen MR) is 115 cm³/mol. The molecule has 1 aliphatic rings. The number of likely N-dealkylation sites (tertiary alicyclic amines) is 1. The zero-order valence-electron chi connectivity index (χ0n) is 18.0. The van der Waals surface area contributed by atoms with Gasteiger partial charge in [-0.1, -0.05) is 0 Å². The van der Waals surface area contributed by atoms with Crippen molar-refractivity contribution < 1.29 is 19.1 Å². The Labute approximate surface area is 179 Å². The van der Waals surface area contributed by atoms with E-state index in [9.17, 15) is 9.59 Å². The fraction of sp³-hybridized carbons (Fsp3) is 0.364. The van der Waals surface area contributed by atoms with Crippen LogP contribution < -0.4 is 15.2 Å². The standard InChI is InChI=1S/C22H25N5O4/c1-12-15(20(23)28)10-24-21(25-12)13-5-6-27(11-13)22(29)17-7-14-8-18(30-3)19(31-4)9-16(14)26(17)2/h7-10,13H,5-6,11H2,1-4H3,(H2,23,28). The van der Waals surface area contributed by atoms with Crippen LogP contribution in [-0.2, 0) is 7.05 Å². The van der Waals surface area contributed by atoms with Gasteiger partial charge in [0.15, 0.2) is 11.5 Å². The summed E-state index contributed by atoms with van der Waals surface area (Å²) in [4.78, 5) is 35.3. The van der Waals surface area contributed by atoms with Crippen molar-refractivity contribution in [2.45, 2.75) is 19.3 Å². The van der Waals surface area contributed by atoms with Crippen LogP contribution in [0.15, 0.2) is 24.4 Å². The van der Waals surface area contributed by atoms with Crippen LogP contribution in [-0.4, -0.2) is 58.6 Å². The Balaban J connectivity index is 1.58. The van der Waals surface area contributed by atoms with Gasteiger partial charge in [-0.2, -0.15) is 0 Å². The Morgan fingerprint density at radius 1 is 1.16 bits per heavy atom. The summed E-state index contributed by atoms with van der Waals surface area (Å²) >= 11 is 0. The van der Waals surface area contributed by atoms with Crippen molar-refractivity contribution in [2.75, 3.05) is 27.3 Å².